The Hall–Kier alpha value is -1.70. The van der Waals surface area contributed by atoms with Crippen molar-refractivity contribution in [2.24, 2.45) is 0 Å². The fraction of sp³-hybridized carbons (Fsp3) is 0.286. The number of pyridine rings is 1. The van der Waals surface area contributed by atoms with Gasteiger partial charge in [0.2, 0.25) is 0 Å². The molecule has 0 spiro atoms. The molecule has 1 atom stereocenters. The van der Waals surface area contributed by atoms with Crippen molar-refractivity contribution in [2.45, 2.75) is 26.2 Å². The lowest BCUT2D eigenvalue weighted by Crippen LogP contribution is -2.09. The Morgan fingerprint density at radius 2 is 2.06 bits per heavy atom. The Morgan fingerprint density at radius 3 is 2.81 bits per heavy atom. The predicted octanol–water partition coefficient (Wildman–Crippen LogP) is 3.32. The Morgan fingerprint density at radius 1 is 1.31 bits per heavy atom. The van der Waals surface area contributed by atoms with Crippen LogP contribution in [0.1, 0.15) is 31.9 Å². The minimum atomic E-state index is -0.115. The van der Waals surface area contributed by atoms with Gasteiger partial charge in [-0.25, -0.2) is 0 Å². The summed E-state index contributed by atoms with van der Waals surface area (Å²) in [6.07, 6.45) is 2.34. The molecule has 2 heteroatoms. The lowest BCUT2D eigenvalue weighted by Gasteiger charge is -2.11. The standard InChI is InChI=1S/C14H15NO/c1-3-13(16)10(2)14-12-7-5-4-6-11(12)8-9-15-14/h4-10H,3H2,1-2H3. The molecule has 1 heterocycles. The van der Waals surface area contributed by atoms with Gasteiger partial charge < -0.3 is 0 Å². The Bertz CT molecular complexity index is 514. The molecular formula is C14H15NO. The molecule has 0 saturated carbocycles. The first-order valence-electron chi connectivity index (χ1n) is 5.60. The van der Waals surface area contributed by atoms with Gasteiger partial charge in [0.05, 0.1) is 11.6 Å². The smallest absolute Gasteiger partial charge is 0.141 e. The Labute approximate surface area is 95.3 Å². The van der Waals surface area contributed by atoms with Crippen LogP contribution in [0.5, 0.6) is 0 Å². The van der Waals surface area contributed by atoms with Crippen LogP contribution in [0.3, 0.4) is 0 Å². The van der Waals surface area contributed by atoms with E-state index < -0.39 is 0 Å². The summed E-state index contributed by atoms with van der Waals surface area (Å²) in [5, 5.41) is 2.22. The van der Waals surface area contributed by atoms with Crippen LogP contribution in [0.25, 0.3) is 10.8 Å². The highest BCUT2D eigenvalue weighted by Crippen LogP contribution is 2.24. The topological polar surface area (TPSA) is 30.0 Å². The highest BCUT2D eigenvalue weighted by Gasteiger charge is 2.16. The molecular weight excluding hydrogens is 198 g/mol. The fourth-order valence-corrected chi connectivity index (χ4v) is 1.95. The maximum absolute atomic E-state index is 11.7. The summed E-state index contributed by atoms with van der Waals surface area (Å²) in [6.45, 7) is 3.82. The van der Waals surface area contributed by atoms with Crippen LogP contribution in [0.15, 0.2) is 36.5 Å². The minimum Gasteiger partial charge on any atom is -0.299 e. The zero-order valence-corrected chi connectivity index (χ0v) is 9.60. The van der Waals surface area contributed by atoms with Gasteiger partial charge in [-0.2, -0.15) is 0 Å². The van der Waals surface area contributed by atoms with Crippen LogP contribution in [-0.4, -0.2) is 10.8 Å². The van der Waals surface area contributed by atoms with E-state index >= 15 is 0 Å². The van der Waals surface area contributed by atoms with Crippen molar-refractivity contribution >= 4 is 16.6 Å². The molecule has 0 aliphatic rings. The maximum Gasteiger partial charge on any atom is 0.141 e. The molecule has 0 fully saturated rings. The monoisotopic (exact) mass is 213 g/mol. The number of Topliss-reactive ketones (excluding diaryl/α,β-unsaturated/α-hetero) is 1. The quantitative estimate of drug-likeness (QED) is 0.782. The molecule has 0 aliphatic carbocycles. The SMILES string of the molecule is CCC(=O)C(C)c1nccc2ccccc12. The molecule has 2 rings (SSSR count). The first-order chi connectivity index (χ1) is 7.74. The molecule has 0 saturated heterocycles. The number of hydrogen-bond donors (Lipinski definition) is 0. The van der Waals surface area contributed by atoms with Crippen LogP contribution >= 0.6 is 0 Å². The molecule has 0 radical (unpaired) electrons. The summed E-state index contributed by atoms with van der Waals surface area (Å²) in [7, 11) is 0. The second-order valence-electron chi connectivity index (χ2n) is 3.96. The number of nitrogens with zero attached hydrogens (tertiary/aromatic N) is 1. The normalized spacial score (nSPS) is 12.6. The number of hydrogen-bond acceptors (Lipinski definition) is 2. The zero-order valence-electron chi connectivity index (χ0n) is 9.60. The van der Waals surface area contributed by atoms with Crippen molar-refractivity contribution in [3.05, 3.63) is 42.2 Å². The van der Waals surface area contributed by atoms with Crippen LogP contribution in [0, 0.1) is 0 Å². The number of carbonyl (C=O) groups is 1. The average molecular weight is 213 g/mol. The van der Waals surface area contributed by atoms with Crippen LogP contribution in [0.2, 0.25) is 0 Å². The lowest BCUT2D eigenvalue weighted by molar-refractivity contribution is -0.119. The van der Waals surface area contributed by atoms with Gasteiger partial charge in [0.25, 0.3) is 0 Å². The summed E-state index contributed by atoms with van der Waals surface area (Å²) in [5.74, 6) is 0.125. The second-order valence-corrected chi connectivity index (χ2v) is 3.96. The number of aromatic nitrogens is 1. The average Bonchev–Trinajstić information content (AvgIpc) is 2.36. The molecule has 0 bridgehead atoms. The van der Waals surface area contributed by atoms with Crippen molar-refractivity contribution < 1.29 is 4.79 Å². The number of fused-ring (bicyclic) bond motifs is 1. The molecule has 1 aromatic carbocycles. The van der Waals surface area contributed by atoms with Gasteiger partial charge in [-0.15, -0.1) is 0 Å². The third-order valence-electron chi connectivity index (χ3n) is 2.95. The minimum absolute atomic E-state index is 0.115. The van der Waals surface area contributed by atoms with Gasteiger partial charge in [-0.1, -0.05) is 31.2 Å². The van der Waals surface area contributed by atoms with Crippen molar-refractivity contribution in [2.75, 3.05) is 0 Å². The van der Waals surface area contributed by atoms with Gasteiger partial charge in [0.15, 0.2) is 0 Å². The van der Waals surface area contributed by atoms with Gasteiger partial charge >= 0.3 is 0 Å². The van der Waals surface area contributed by atoms with E-state index in [4.69, 9.17) is 0 Å². The van der Waals surface area contributed by atoms with E-state index in [1.165, 1.54) is 0 Å². The van der Waals surface area contributed by atoms with Gasteiger partial charge in [-0.3, -0.25) is 9.78 Å². The first kappa shape index (κ1) is 10.8. The number of carbonyl (C=O) groups excluding carboxylic acids is 1. The van der Waals surface area contributed by atoms with Crippen molar-refractivity contribution in [1.82, 2.24) is 4.98 Å². The van der Waals surface area contributed by atoms with Crippen LogP contribution in [0.4, 0.5) is 0 Å². The summed E-state index contributed by atoms with van der Waals surface area (Å²) in [4.78, 5) is 16.1. The number of benzene rings is 1. The van der Waals surface area contributed by atoms with Crippen LogP contribution < -0.4 is 0 Å². The van der Waals surface area contributed by atoms with E-state index in [1.54, 1.807) is 6.20 Å². The van der Waals surface area contributed by atoms with E-state index in [9.17, 15) is 4.79 Å². The fourth-order valence-electron chi connectivity index (χ4n) is 1.95. The number of rotatable bonds is 3. The van der Waals surface area contributed by atoms with E-state index in [-0.39, 0.29) is 11.7 Å². The molecule has 16 heavy (non-hydrogen) atoms. The zero-order chi connectivity index (χ0) is 11.5. The van der Waals surface area contributed by atoms with Crippen LogP contribution in [-0.2, 0) is 4.79 Å². The summed E-state index contributed by atoms with van der Waals surface area (Å²) >= 11 is 0. The summed E-state index contributed by atoms with van der Waals surface area (Å²) in [5.41, 5.74) is 0.893. The highest BCUT2D eigenvalue weighted by atomic mass is 16.1. The van der Waals surface area contributed by atoms with Crippen molar-refractivity contribution in [3.8, 4) is 0 Å². The predicted molar refractivity (Wildman–Crippen MR) is 65.5 cm³/mol. The third-order valence-corrected chi connectivity index (χ3v) is 2.95. The Balaban J connectivity index is 2.56. The van der Waals surface area contributed by atoms with Crippen molar-refractivity contribution in [1.29, 1.82) is 0 Å². The maximum atomic E-state index is 11.7. The molecule has 82 valence electrons. The largest absolute Gasteiger partial charge is 0.299 e. The van der Waals surface area contributed by atoms with E-state index in [2.05, 4.69) is 4.98 Å². The second kappa shape index (κ2) is 4.44. The summed E-state index contributed by atoms with van der Waals surface area (Å²) in [6, 6.07) is 10.0. The van der Waals surface area contributed by atoms with E-state index in [0.29, 0.717) is 6.42 Å². The molecule has 1 unspecified atom stereocenters. The third kappa shape index (κ3) is 1.83. The molecule has 0 N–H and O–H groups in total. The van der Waals surface area contributed by atoms with Gasteiger partial charge in [0, 0.05) is 18.0 Å². The molecule has 2 nitrogen and oxygen atoms in total. The highest BCUT2D eigenvalue weighted by molar-refractivity contribution is 5.92. The molecule has 0 amide bonds. The van der Waals surface area contributed by atoms with Crippen molar-refractivity contribution in [3.63, 3.8) is 0 Å². The van der Waals surface area contributed by atoms with E-state index in [0.717, 1.165) is 16.5 Å². The summed E-state index contributed by atoms with van der Waals surface area (Å²) < 4.78 is 0. The van der Waals surface area contributed by atoms with E-state index in [1.807, 2.05) is 44.2 Å². The number of ketones is 1. The lowest BCUT2D eigenvalue weighted by atomic mass is 9.96. The molecule has 2 aromatic rings. The first-order valence-corrected chi connectivity index (χ1v) is 5.60. The molecule has 1 aromatic heterocycles. The van der Waals surface area contributed by atoms with Gasteiger partial charge in [-0.05, 0) is 18.4 Å². The van der Waals surface area contributed by atoms with Gasteiger partial charge in [0.1, 0.15) is 5.78 Å². The Kier molecular flexibility index (Phi) is 3.00. The molecule has 0 aliphatic heterocycles.